The van der Waals surface area contributed by atoms with Gasteiger partial charge in [0.1, 0.15) is 0 Å². The first-order valence-electron chi connectivity index (χ1n) is 1.07. The molecule has 0 aromatic heterocycles. The molecule has 0 atom stereocenters. The van der Waals surface area contributed by atoms with Gasteiger partial charge in [-0.25, -0.2) is 0 Å². The van der Waals surface area contributed by atoms with Gasteiger partial charge in [-0.3, -0.25) is 0 Å². The van der Waals surface area contributed by atoms with Crippen molar-refractivity contribution in [2.75, 3.05) is 0 Å². The van der Waals surface area contributed by atoms with Gasteiger partial charge >= 0.3 is 69.7 Å². The molecule has 0 saturated heterocycles. The fraction of sp³-hybridized carbons (Fsp3) is 1.00. The molecule has 4 heteroatoms. The van der Waals surface area contributed by atoms with Crippen molar-refractivity contribution in [1.29, 1.82) is 0 Å². The van der Waals surface area contributed by atoms with Crippen molar-refractivity contribution in [3.05, 3.63) is 0 Å². The third-order valence-electron chi connectivity index (χ3n) is 0. The molecule has 0 nitrogen and oxygen atoms in total. The summed E-state index contributed by atoms with van der Waals surface area (Å²) in [5.41, 5.74) is 0. The number of hydrogen-bond donors (Lipinski definition) is 0. The quantitative estimate of drug-likeness (QED) is 0.379. The van der Waals surface area contributed by atoms with Crippen LogP contribution in [0.2, 0.25) is 5.76 Å². The molecular weight excluding hydrogens is 465 g/mol. The second-order valence-electron chi connectivity index (χ2n) is 0.781. The molecule has 0 amide bonds. The van der Waals surface area contributed by atoms with E-state index in [1.165, 1.54) is 0 Å². The standard InChI is InChI=1S/CH3GeI3/c1-2(3,4)5/h1H3. The number of rotatable bonds is 0. The van der Waals surface area contributed by atoms with Crippen LogP contribution in [0.3, 0.4) is 0 Å². The Morgan fingerprint density at radius 2 is 1.20 bits per heavy atom. The first-order valence-corrected chi connectivity index (χ1v) is 22.4. The van der Waals surface area contributed by atoms with E-state index in [0.717, 1.165) is 0 Å². The third kappa shape index (κ3) is 20.2. The second kappa shape index (κ2) is 2.90. The Kier molecular flexibility index (Phi) is 4.49. The Labute approximate surface area is 68.1 Å². The van der Waals surface area contributed by atoms with Crippen LogP contribution in [0.15, 0.2) is 0 Å². The zero-order chi connectivity index (χ0) is 4.50. The molecule has 0 saturated carbocycles. The van der Waals surface area contributed by atoms with Crippen molar-refractivity contribution in [3.63, 3.8) is 0 Å². The Balaban J connectivity index is 3.02. The van der Waals surface area contributed by atoms with Crippen LogP contribution >= 0.6 is 60.6 Å². The predicted molar refractivity (Wildman–Crippen MR) is 53.7 cm³/mol. The molecule has 0 aliphatic heterocycles. The summed E-state index contributed by atoms with van der Waals surface area (Å²) >= 11 is 7.62. The molecular formula is CH3GeI3. The molecule has 0 spiro atoms. The van der Waals surface area contributed by atoms with Gasteiger partial charge in [-0.15, -0.1) is 0 Å². The maximum absolute atomic E-state index is 2.54. The molecule has 0 aromatic carbocycles. The van der Waals surface area contributed by atoms with Crippen LogP contribution in [0, 0.1) is 0 Å². The van der Waals surface area contributed by atoms with Crippen LogP contribution in [-0.2, 0) is 0 Å². The summed E-state index contributed by atoms with van der Waals surface area (Å²) in [4.78, 5) is 0. The van der Waals surface area contributed by atoms with Gasteiger partial charge < -0.3 is 0 Å². The van der Waals surface area contributed by atoms with E-state index in [-0.39, 0.29) is 0 Å². The molecule has 0 N–H and O–H groups in total. The second-order valence-corrected chi connectivity index (χ2v) is 69.9. The van der Waals surface area contributed by atoms with Crippen LogP contribution in [0.5, 0.6) is 0 Å². The van der Waals surface area contributed by atoms with Gasteiger partial charge in [0.25, 0.3) is 0 Å². The summed E-state index contributed by atoms with van der Waals surface area (Å²) in [5.74, 6) is 2.34. The fourth-order valence-corrected chi connectivity index (χ4v) is 0. The van der Waals surface area contributed by atoms with Gasteiger partial charge in [-0.1, -0.05) is 0 Å². The summed E-state index contributed by atoms with van der Waals surface area (Å²) < 4.78 is -1.09. The zero-order valence-corrected chi connectivity index (χ0v) is 11.2. The summed E-state index contributed by atoms with van der Waals surface area (Å²) in [5, 5.41) is 0. The average molecular weight is 468 g/mol. The minimum absolute atomic E-state index is 1.09. The normalized spacial score (nSPS) is 12.0. The Morgan fingerprint density at radius 1 is 1.20 bits per heavy atom. The van der Waals surface area contributed by atoms with Crippen molar-refractivity contribution >= 4 is 64.0 Å². The fourth-order valence-electron chi connectivity index (χ4n) is 0. The van der Waals surface area contributed by atoms with E-state index in [4.69, 9.17) is 0 Å². The predicted octanol–water partition coefficient (Wildman–Crippen LogP) is 2.86. The number of halogens is 3. The van der Waals surface area contributed by atoms with E-state index in [1.54, 1.807) is 0 Å². The summed E-state index contributed by atoms with van der Waals surface area (Å²) in [6.07, 6.45) is 0. The average Bonchev–Trinajstić information content (AvgIpc) is 0.722. The molecule has 32 valence electrons. The molecule has 0 bridgehead atoms. The van der Waals surface area contributed by atoms with Gasteiger partial charge in [0.15, 0.2) is 0 Å². The van der Waals surface area contributed by atoms with Crippen LogP contribution in [0.25, 0.3) is 0 Å². The van der Waals surface area contributed by atoms with Crippen molar-refractivity contribution in [1.82, 2.24) is 0 Å². The van der Waals surface area contributed by atoms with Crippen molar-refractivity contribution in [2.45, 2.75) is 5.76 Å². The molecule has 0 aliphatic carbocycles. The SMILES string of the molecule is [CH3][Ge]([I])([I])[I]. The van der Waals surface area contributed by atoms with E-state index < -0.39 is 3.34 Å². The molecule has 0 heterocycles. The summed E-state index contributed by atoms with van der Waals surface area (Å²) in [6.45, 7) is 0. The molecule has 0 aromatic rings. The molecule has 0 rings (SSSR count). The zero-order valence-electron chi connectivity index (χ0n) is 2.63. The Hall–Kier alpha value is 2.73. The topological polar surface area (TPSA) is 0 Å². The van der Waals surface area contributed by atoms with E-state index in [1.807, 2.05) is 0 Å². The molecule has 0 fully saturated rings. The molecule has 0 radical (unpaired) electrons. The van der Waals surface area contributed by atoms with Crippen molar-refractivity contribution in [2.24, 2.45) is 0 Å². The summed E-state index contributed by atoms with van der Waals surface area (Å²) in [6, 6.07) is 0. The van der Waals surface area contributed by atoms with E-state index in [0.29, 0.717) is 0 Å². The van der Waals surface area contributed by atoms with Crippen LogP contribution < -0.4 is 0 Å². The van der Waals surface area contributed by atoms with E-state index in [2.05, 4.69) is 66.4 Å². The monoisotopic (exact) mass is 470 g/mol. The van der Waals surface area contributed by atoms with Crippen LogP contribution in [-0.4, -0.2) is 3.34 Å². The maximum atomic E-state index is 2.54. The van der Waals surface area contributed by atoms with Gasteiger partial charge in [-0.2, -0.15) is 0 Å². The van der Waals surface area contributed by atoms with Gasteiger partial charge in [0.05, 0.1) is 0 Å². The molecule has 0 unspecified atom stereocenters. The Bertz CT molecular complexity index is 22.4. The van der Waals surface area contributed by atoms with E-state index >= 15 is 0 Å². The van der Waals surface area contributed by atoms with Crippen molar-refractivity contribution in [3.8, 4) is 0 Å². The van der Waals surface area contributed by atoms with Gasteiger partial charge in [0.2, 0.25) is 0 Å². The van der Waals surface area contributed by atoms with Gasteiger partial charge in [0, 0.05) is 0 Å². The minimum atomic E-state index is -1.09. The first-order chi connectivity index (χ1) is 2.00. The molecule has 5 heavy (non-hydrogen) atoms. The number of hydrogen-bond acceptors (Lipinski definition) is 0. The molecule has 0 aliphatic rings. The van der Waals surface area contributed by atoms with Gasteiger partial charge in [-0.05, 0) is 0 Å². The van der Waals surface area contributed by atoms with Crippen LogP contribution in [0.1, 0.15) is 0 Å². The van der Waals surface area contributed by atoms with Crippen molar-refractivity contribution < 1.29 is 0 Å². The third-order valence-corrected chi connectivity index (χ3v) is 0. The van der Waals surface area contributed by atoms with Crippen LogP contribution in [0.4, 0.5) is 0 Å². The first kappa shape index (κ1) is 7.73. The Morgan fingerprint density at radius 3 is 1.20 bits per heavy atom. The van der Waals surface area contributed by atoms with E-state index in [9.17, 15) is 0 Å². The summed E-state index contributed by atoms with van der Waals surface area (Å²) in [7, 11) is 0.